The van der Waals surface area contributed by atoms with Crippen molar-refractivity contribution in [3.63, 3.8) is 0 Å². The molecule has 1 aromatic carbocycles. The Kier molecular flexibility index (Phi) is 8.77. The van der Waals surface area contributed by atoms with Gasteiger partial charge in [0.15, 0.2) is 5.96 Å². The van der Waals surface area contributed by atoms with Crippen molar-refractivity contribution in [3.05, 3.63) is 48.0 Å². The lowest BCUT2D eigenvalue weighted by atomic mass is 10.0. The number of rotatable bonds is 10. The molecule has 1 heterocycles. The van der Waals surface area contributed by atoms with Gasteiger partial charge in [0.25, 0.3) is 0 Å². The number of aromatic nitrogens is 3. The molecule has 0 spiro atoms. The zero-order chi connectivity index (χ0) is 19.5. The molecular weight excluding hydrogens is 338 g/mol. The number of benzene rings is 1. The lowest BCUT2D eigenvalue weighted by molar-refractivity contribution is 0.215. The fourth-order valence-electron chi connectivity index (χ4n) is 3.13. The molecule has 27 heavy (non-hydrogen) atoms. The second kappa shape index (κ2) is 11.3. The summed E-state index contributed by atoms with van der Waals surface area (Å²) < 4.78 is 1.75. The van der Waals surface area contributed by atoms with Crippen molar-refractivity contribution >= 4 is 5.96 Å². The summed E-state index contributed by atoms with van der Waals surface area (Å²) in [4.78, 5) is 11.4. The van der Waals surface area contributed by atoms with E-state index in [-0.39, 0.29) is 0 Å². The molecule has 1 atom stereocenters. The van der Waals surface area contributed by atoms with E-state index in [0.29, 0.717) is 12.6 Å². The van der Waals surface area contributed by atoms with E-state index in [2.05, 4.69) is 81.7 Å². The average molecular weight is 372 g/mol. The number of nitrogens with zero attached hydrogens (tertiary/aromatic N) is 5. The Morgan fingerprint density at radius 3 is 2.48 bits per heavy atom. The van der Waals surface area contributed by atoms with Gasteiger partial charge < -0.3 is 10.6 Å². The monoisotopic (exact) mass is 371 g/mol. The Morgan fingerprint density at radius 2 is 1.89 bits per heavy atom. The van der Waals surface area contributed by atoms with Crippen LogP contribution in [0, 0.1) is 0 Å². The highest BCUT2D eigenvalue weighted by Crippen LogP contribution is 2.08. The normalized spacial score (nSPS) is 13.0. The van der Waals surface area contributed by atoms with Gasteiger partial charge in [-0.2, -0.15) is 5.10 Å². The van der Waals surface area contributed by atoms with Crippen molar-refractivity contribution in [2.24, 2.45) is 12.0 Å². The van der Waals surface area contributed by atoms with Crippen LogP contribution in [0.15, 0.2) is 41.7 Å². The van der Waals surface area contributed by atoms with Crippen LogP contribution in [0.1, 0.15) is 32.2 Å². The van der Waals surface area contributed by atoms with Gasteiger partial charge in [-0.1, -0.05) is 44.2 Å². The predicted octanol–water partition coefficient (Wildman–Crippen LogP) is 1.82. The number of hydrogen-bond acceptors (Lipinski definition) is 4. The highest BCUT2D eigenvalue weighted by Gasteiger charge is 2.17. The first-order valence-electron chi connectivity index (χ1n) is 9.80. The maximum atomic E-state index is 4.66. The van der Waals surface area contributed by atoms with E-state index in [0.717, 1.165) is 44.4 Å². The van der Waals surface area contributed by atoms with Crippen molar-refractivity contribution in [3.8, 4) is 0 Å². The maximum Gasteiger partial charge on any atom is 0.191 e. The quantitative estimate of drug-likeness (QED) is 0.492. The molecule has 0 fully saturated rings. The number of hydrogen-bond donors (Lipinski definition) is 2. The Labute approximate surface area is 162 Å². The highest BCUT2D eigenvalue weighted by molar-refractivity contribution is 5.79. The van der Waals surface area contributed by atoms with Gasteiger partial charge in [0.05, 0.1) is 0 Å². The van der Waals surface area contributed by atoms with Crippen LogP contribution in [-0.2, 0) is 20.0 Å². The fourth-order valence-corrected chi connectivity index (χ4v) is 3.13. The molecule has 0 saturated carbocycles. The van der Waals surface area contributed by atoms with Crippen LogP contribution in [0.3, 0.4) is 0 Å². The zero-order valence-electron chi connectivity index (χ0n) is 17.0. The SMILES string of the molecule is CCNC(=NCc1ncnn1C)NCC(Cc1ccccc1)N(CC)CC. The zero-order valence-corrected chi connectivity index (χ0v) is 17.0. The van der Waals surface area contributed by atoms with E-state index in [1.165, 1.54) is 5.56 Å². The van der Waals surface area contributed by atoms with Crippen LogP contribution >= 0.6 is 0 Å². The third-order valence-electron chi connectivity index (χ3n) is 4.68. The molecule has 1 aromatic heterocycles. The molecule has 0 radical (unpaired) electrons. The molecule has 0 aliphatic carbocycles. The van der Waals surface area contributed by atoms with Gasteiger partial charge in [0, 0.05) is 26.2 Å². The number of nitrogens with one attached hydrogen (secondary N) is 2. The summed E-state index contributed by atoms with van der Waals surface area (Å²) >= 11 is 0. The van der Waals surface area contributed by atoms with E-state index in [9.17, 15) is 0 Å². The first kappa shape index (κ1) is 20.9. The van der Waals surface area contributed by atoms with Crippen LogP contribution < -0.4 is 10.6 Å². The van der Waals surface area contributed by atoms with Crippen LogP contribution in [0.25, 0.3) is 0 Å². The van der Waals surface area contributed by atoms with Gasteiger partial charge in [-0.3, -0.25) is 9.58 Å². The maximum absolute atomic E-state index is 4.66. The molecule has 0 amide bonds. The Hall–Kier alpha value is -2.41. The molecular formula is C20H33N7. The van der Waals surface area contributed by atoms with Crippen molar-refractivity contribution in [1.29, 1.82) is 0 Å². The van der Waals surface area contributed by atoms with Crippen LogP contribution in [0.4, 0.5) is 0 Å². The Bertz CT molecular complexity index is 677. The number of aliphatic imine (C=N–C) groups is 1. The highest BCUT2D eigenvalue weighted by atomic mass is 15.3. The Balaban J connectivity index is 2.03. The molecule has 0 aliphatic rings. The van der Waals surface area contributed by atoms with Crippen molar-refractivity contribution < 1.29 is 0 Å². The Morgan fingerprint density at radius 1 is 1.15 bits per heavy atom. The molecule has 7 nitrogen and oxygen atoms in total. The lowest BCUT2D eigenvalue weighted by Crippen LogP contribution is -2.48. The second-order valence-corrected chi connectivity index (χ2v) is 6.44. The minimum absolute atomic E-state index is 0.404. The molecule has 1 unspecified atom stereocenters. The second-order valence-electron chi connectivity index (χ2n) is 6.44. The summed E-state index contributed by atoms with van der Waals surface area (Å²) in [6.45, 7) is 10.7. The molecule has 2 N–H and O–H groups in total. The molecule has 2 aromatic rings. The fraction of sp³-hybridized carbons (Fsp3) is 0.550. The molecule has 0 bridgehead atoms. The van der Waals surface area contributed by atoms with E-state index in [1.807, 2.05) is 7.05 Å². The molecule has 0 saturated heterocycles. The molecule has 2 rings (SSSR count). The largest absolute Gasteiger partial charge is 0.357 e. The summed E-state index contributed by atoms with van der Waals surface area (Å²) in [5.41, 5.74) is 1.36. The number of guanidine groups is 1. The molecule has 0 aliphatic heterocycles. The average Bonchev–Trinajstić information content (AvgIpc) is 3.10. The van der Waals surface area contributed by atoms with Gasteiger partial charge in [-0.25, -0.2) is 9.98 Å². The summed E-state index contributed by atoms with van der Waals surface area (Å²) in [6.07, 6.45) is 2.57. The van der Waals surface area contributed by atoms with Gasteiger partial charge >= 0.3 is 0 Å². The van der Waals surface area contributed by atoms with Gasteiger partial charge in [-0.15, -0.1) is 0 Å². The van der Waals surface area contributed by atoms with Crippen LogP contribution in [0.5, 0.6) is 0 Å². The van der Waals surface area contributed by atoms with E-state index >= 15 is 0 Å². The van der Waals surface area contributed by atoms with Gasteiger partial charge in [-0.05, 0) is 32.0 Å². The van der Waals surface area contributed by atoms with Crippen molar-refractivity contribution in [2.75, 3.05) is 26.2 Å². The first-order chi connectivity index (χ1) is 13.2. The minimum Gasteiger partial charge on any atom is -0.357 e. The molecule has 7 heteroatoms. The van der Waals surface area contributed by atoms with E-state index in [1.54, 1.807) is 11.0 Å². The summed E-state index contributed by atoms with van der Waals surface area (Å²) in [5, 5.41) is 10.9. The van der Waals surface area contributed by atoms with Crippen LogP contribution in [0.2, 0.25) is 0 Å². The minimum atomic E-state index is 0.404. The number of likely N-dealkylation sites (N-methyl/N-ethyl adjacent to an activating group) is 1. The first-order valence-corrected chi connectivity index (χ1v) is 9.80. The lowest BCUT2D eigenvalue weighted by Gasteiger charge is -2.30. The van der Waals surface area contributed by atoms with Crippen molar-refractivity contribution in [1.82, 2.24) is 30.3 Å². The van der Waals surface area contributed by atoms with E-state index in [4.69, 9.17) is 0 Å². The van der Waals surface area contributed by atoms with Crippen molar-refractivity contribution in [2.45, 2.75) is 39.8 Å². The standard InChI is InChI=1S/C20H33N7/c1-5-21-20(23-15-19-24-16-25-26(19)4)22-14-18(27(6-2)7-3)13-17-11-9-8-10-12-17/h8-12,16,18H,5-7,13-15H2,1-4H3,(H2,21,22,23). The number of aryl methyl sites for hydroxylation is 1. The van der Waals surface area contributed by atoms with E-state index < -0.39 is 0 Å². The van der Waals surface area contributed by atoms with Gasteiger partial charge in [0.1, 0.15) is 18.7 Å². The summed E-state index contributed by atoms with van der Waals surface area (Å²) in [7, 11) is 1.88. The smallest absolute Gasteiger partial charge is 0.191 e. The van der Waals surface area contributed by atoms with Gasteiger partial charge in [0.2, 0.25) is 0 Å². The molecule has 148 valence electrons. The topological polar surface area (TPSA) is 70.4 Å². The van der Waals surface area contributed by atoms with Crippen LogP contribution in [-0.4, -0.2) is 57.8 Å². The summed E-state index contributed by atoms with van der Waals surface area (Å²) in [5.74, 6) is 1.66. The predicted molar refractivity (Wildman–Crippen MR) is 111 cm³/mol. The third kappa shape index (κ3) is 6.67. The third-order valence-corrected chi connectivity index (χ3v) is 4.68. The summed E-state index contributed by atoms with van der Waals surface area (Å²) in [6, 6.07) is 11.1.